The van der Waals surface area contributed by atoms with Gasteiger partial charge >= 0.3 is 5.97 Å². The third-order valence-corrected chi connectivity index (χ3v) is 6.28. The number of aromatic nitrogens is 3. The van der Waals surface area contributed by atoms with Crippen LogP contribution in [0, 0.1) is 5.92 Å². The van der Waals surface area contributed by atoms with Gasteiger partial charge in [0, 0.05) is 24.3 Å². The van der Waals surface area contributed by atoms with Crippen LogP contribution in [-0.2, 0) is 14.3 Å². The second kappa shape index (κ2) is 11.1. The number of benzene rings is 2. The van der Waals surface area contributed by atoms with Crippen molar-refractivity contribution in [3.05, 3.63) is 60.7 Å². The molecule has 2 aromatic carbocycles. The van der Waals surface area contributed by atoms with E-state index in [0.29, 0.717) is 23.4 Å². The minimum Gasteiger partial charge on any atom is -0.455 e. The number of hydrogen-bond acceptors (Lipinski definition) is 6. The maximum Gasteiger partial charge on any atom is 0.316 e. The fourth-order valence-corrected chi connectivity index (χ4v) is 4.30. The quantitative estimate of drug-likeness (QED) is 0.312. The lowest BCUT2D eigenvalue weighted by molar-refractivity contribution is -0.150. The average Bonchev–Trinajstić information content (AvgIpc) is 3.57. The molecule has 1 aliphatic carbocycles. The van der Waals surface area contributed by atoms with E-state index in [1.807, 2.05) is 77.1 Å². The minimum absolute atomic E-state index is 0.0451. The number of para-hydroxylation sites is 1. The fraction of sp³-hybridized carbons (Fsp3) is 0.360. The fourth-order valence-electron chi connectivity index (χ4n) is 3.55. The topological polar surface area (TPSA) is 77.3 Å². The summed E-state index contributed by atoms with van der Waals surface area (Å²) < 4.78 is 7.21. The molecule has 0 radical (unpaired) electrons. The molecule has 0 atom stereocenters. The first-order valence-electron chi connectivity index (χ1n) is 11.3. The Balaban J connectivity index is 1.40. The largest absolute Gasteiger partial charge is 0.455 e. The molecule has 1 aliphatic rings. The van der Waals surface area contributed by atoms with Gasteiger partial charge in [0.15, 0.2) is 17.6 Å². The average molecular weight is 465 g/mol. The lowest BCUT2D eigenvalue weighted by atomic mass is 10.2. The maximum atomic E-state index is 12.5. The van der Waals surface area contributed by atoms with Crippen LogP contribution in [0.2, 0.25) is 0 Å². The van der Waals surface area contributed by atoms with Gasteiger partial charge in [-0.2, -0.15) is 0 Å². The first-order chi connectivity index (χ1) is 16.2. The van der Waals surface area contributed by atoms with Gasteiger partial charge in [-0.1, -0.05) is 67.2 Å². The molecule has 0 bridgehead atoms. The van der Waals surface area contributed by atoms with Crippen LogP contribution in [0.25, 0.3) is 17.1 Å². The highest BCUT2D eigenvalue weighted by molar-refractivity contribution is 7.99. The van der Waals surface area contributed by atoms with Gasteiger partial charge in [0.1, 0.15) is 0 Å². The Labute approximate surface area is 198 Å². The Morgan fingerprint density at radius 3 is 2.42 bits per heavy atom. The van der Waals surface area contributed by atoms with Crippen molar-refractivity contribution >= 4 is 23.6 Å². The van der Waals surface area contributed by atoms with E-state index in [4.69, 9.17) is 4.74 Å². The lowest BCUT2D eigenvalue weighted by Gasteiger charge is -2.21. The van der Waals surface area contributed by atoms with Crippen molar-refractivity contribution in [3.8, 4) is 17.1 Å². The molecule has 1 aromatic heterocycles. The summed E-state index contributed by atoms with van der Waals surface area (Å²) in [5.74, 6) is 0.780. The third-order valence-electron chi connectivity index (χ3n) is 5.38. The highest BCUT2D eigenvalue weighted by Gasteiger charge is 2.27. The third kappa shape index (κ3) is 6.22. The molecule has 0 N–H and O–H groups in total. The molecule has 0 aliphatic heterocycles. The Bertz CT molecular complexity index is 1070. The molecule has 0 spiro atoms. The zero-order valence-corrected chi connectivity index (χ0v) is 19.5. The summed E-state index contributed by atoms with van der Waals surface area (Å²) >= 11 is 1.25. The number of ether oxygens (including phenoxy) is 1. The molecule has 1 saturated carbocycles. The first kappa shape index (κ1) is 23.0. The van der Waals surface area contributed by atoms with Gasteiger partial charge in [-0.3, -0.25) is 14.2 Å². The van der Waals surface area contributed by atoms with Crippen molar-refractivity contribution in [2.45, 2.75) is 31.3 Å². The molecule has 4 rings (SSSR count). The van der Waals surface area contributed by atoms with E-state index in [9.17, 15) is 9.59 Å². The van der Waals surface area contributed by atoms with Gasteiger partial charge in [0.05, 0.1) is 5.75 Å². The molecular weight excluding hydrogens is 436 g/mol. The summed E-state index contributed by atoms with van der Waals surface area (Å²) in [5.41, 5.74) is 1.84. The Hall–Kier alpha value is -3.13. The zero-order chi connectivity index (χ0) is 23.0. The first-order valence-corrected chi connectivity index (χ1v) is 12.3. The summed E-state index contributed by atoms with van der Waals surface area (Å²) in [7, 11) is 0. The van der Waals surface area contributed by atoms with Crippen LogP contribution in [0.5, 0.6) is 0 Å². The number of carbonyl (C=O) groups is 2. The highest BCUT2D eigenvalue weighted by atomic mass is 32.2. The Kier molecular flexibility index (Phi) is 7.78. The predicted molar refractivity (Wildman–Crippen MR) is 128 cm³/mol. The molecule has 0 saturated heterocycles. The summed E-state index contributed by atoms with van der Waals surface area (Å²) in [4.78, 5) is 26.7. The van der Waals surface area contributed by atoms with Gasteiger partial charge in [-0.25, -0.2) is 0 Å². The molecule has 7 nitrogen and oxygen atoms in total. The van der Waals surface area contributed by atoms with Crippen LogP contribution in [-0.4, -0.2) is 57.0 Å². The normalized spacial score (nSPS) is 13.0. The van der Waals surface area contributed by atoms with Crippen molar-refractivity contribution in [1.29, 1.82) is 0 Å². The predicted octanol–water partition coefficient (Wildman–Crippen LogP) is 4.22. The number of hydrogen-bond donors (Lipinski definition) is 0. The van der Waals surface area contributed by atoms with Crippen molar-refractivity contribution in [2.24, 2.45) is 5.92 Å². The molecule has 8 heteroatoms. The van der Waals surface area contributed by atoms with Crippen LogP contribution in [0.4, 0.5) is 0 Å². The number of carbonyl (C=O) groups excluding carboxylic acids is 2. The molecule has 33 heavy (non-hydrogen) atoms. The van der Waals surface area contributed by atoms with Crippen molar-refractivity contribution < 1.29 is 14.3 Å². The second-order valence-corrected chi connectivity index (χ2v) is 9.02. The van der Waals surface area contributed by atoms with E-state index >= 15 is 0 Å². The summed E-state index contributed by atoms with van der Waals surface area (Å²) in [6.07, 6.45) is 3.25. The van der Waals surface area contributed by atoms with E-state index in [0.717, 1.165) is 24.2 Å². The number of nitrogens with zero attached hydrogens (tertiary/aromatic N) is 4. The van der Waals surface area contributed by atoms with E-state index in [2.05, 4.69) is 10.2 Å². The van der Waals surface area contributed by atoms with E-state index in [1.54, 1.807) is 0 Å². The van der Waals surface area contributed by atoms with Crippen molar-refractivity contribution in [1.82, 2.24) is 19.7 Å². The van der Waals surface area contributed by atoms with Gasteiger partial charge in [0.2, 0.25) is 0 Å². The number of esters is 1. The van der Waals surface area contributed by atoms with E-state index in [1.165, 1.54) is 24.6 Å². The molecular formula is C25H28N4O3S. The van der Waals surface area contributed by atoms with Gasteiger partial charge < -0.3 is 9.64 Å². The molecule has 1 amide bonds. The van der Waals surface area contributed by atoms with Gasteiger partial charge in [0.25, 0.3) is 5.91 Å². The molecule has 172 valence electrons. The highest BCUT2D eigenvalue weighted by Crippen LogP contribution is 2.30. The molecule has 1 heterocycles. The zero-order valence-electron chi connectivity index (χ0n) is 18.7. The van der Waals surface area contributed by atoms with Crippen LogP contribution in [0.3, 0.4) is 0 Å². The lowest BCUT2D eigenvalue weighted by Crippen LogP contribution is -2.37. The smallest absolute Gasteiger partial charge is 0.316 e. The number of amides is 1. The van der Waals surface area contributed by atoms with Crippen LogP contribution in [0.1, 0.15) is 26.2 Å². The minimum atomic E-state index is -0.444. The molecule has 0 unspecified atom stereocenters. The van der Waals surface area contributed by atoms with Crippen LogP contribution < -0.4 is 0 Å². The van der Waals surface area contributed by atoms with Gasteiger partial charge in [-0.15, -0.1) is 10.2 Å². The Morgan fingerprint density at radius 2 is 1.76 bits per heavy atom. The monoisotopic (exact) mass is 464 g/mol. The van der Waals surface area contributed by atoms with Crippen LogP contribution >= 0.6 is 11.8 Å². The molecule has 1 fully saturated rings. The Morgan fingerprint density at radius 1 is 1.06 bits per heavy atom. The number of thioether (sulfide) groups is 1. The van der Waals surface area contributed by atoms with Crippen LogP contribution in [0.15, 0.2) is 65.8 Å². The van der Waals surface area contributed by atoms with Gasteiger partial charge in [-0.05, 0) is 37.3 Å². The molecule has 3 aromatic rings. The van der Waals surface area contributed by atoms with E-state index < -0.39 is 5.97 Å². The SMILES string of the molecule is CCCN(CC1CC1)C(=O)COC(=O)CSc1nnc(-c2ccccc2)n1-c1ccccc1. The van der Waals surface area contributed by atoms with E-state index in [-0.39, 0.29) is 18.3 Å². The van der Waals surface area contributed by atoms with Crippen molar-refractivity contribution in [2.75, 3.05) is 25.4 Å². The summed E-state index contributed by atoms with van der Waals surface area (Å²) in [5, 5.41) is 9.28. The standard InChI is InChI=1S/C25H28N4O3S/c1-2-15-28(16-19-13-14-19)22(30)17-32-23(31)18-33-25-27-26-24(20-9-5-3-6-10-20)29(25)21-11-7-4-8-12-21/h3-12,19H,2,13-18H2,1H3. The summed E-state index contributed by atoms with van der Waals surface area (Å²) in [6.45, 7) is 3.29. The summed E-state index contributed by atoms with van der Waals surface area (Å²) in [6, 6.07) is 19.6. The van der Waals surface area contributed by atoms with Crippen molar-refractivity contribution in [3.63, 3.8) is 0 Å². The number of rotatable bonds is 11. The maximum absolute atomic E-state index is 12.5. The second-order valence-electron chi connectivity index (χ2n) is 8.08.